The maximum atomic E-state index is 9.35. The molecule has 1 unspecified atom stereocenters. The summed E-state index contributed by atoms with van der Waals surface area (Å²) in [6, 6.07) is 0. The Morgan fingerprint density at radius 2 is 1.29 bits per heavy atom. The predicted molar refractivity (Wildman–Crippen MR) is 77.1 cm³/mol. The van der Waals surface area contributed by atoms with E-state index in [4.69, 9.17) is 0 Å². The highest BCUT2D eigenvalue weighted by molar-refractivity contribution is 4.90. The molecular weight excluding hydrogens is 208 g/mol. The zero-order valence-electron chi connectivity index (χ0n) is 11.4. The van der Waals surface area contributed by atoms with E-state index >= 15 is 0 Å². The molecule has 0 heterocycles. The van der Waals surface area contributed by atoms with E-state index in [1.165, 1.54) is 0 Å². The van der Waals surface area contributed by atoms with Gasteiger partial charge >= 0.3 is 0 Å². The molecule has 0 aliphatic heterocycles. The van der Waals surface area contributed by atoms with Gasteiger partial charge in [0.2, 0.25) is 0 Å². The van der Waals surface area contributed by atoms with Crippen molar-refractivity contribution in [3.8, 4) is 0 Å². The summed E-state index contributed by atoms with van der Waals surface area (Å²) in [4.78, 5) is 0. The van der Waals surface area contributed by atoms with Gasteiger partial charge in [-0.2, -0.15) is 0 Å². The molecule has 1 heteroatoms. The number of aliphatic hydroxyl groups excluding tert-OH is 1. The molecule has 98 valence electrons. The number of rotatable bonds is 10. The maximum absolute atomic E-state index is 9.35. The summed E-state index contributed by atoms with van der Waals surface area (Å²) in [5, 5.41) is 9.35. The van der Waals surface area contributed by atoms with Crippen molar-refractivity contribution in [2.75, 3.05) is 0 Å². The van der Waals surface area contributed by atoms with Crippen LogP contribution in [0.15, 0.2) is 36.5 Å². The quantitative estimate of drug-likeness (QED) is 0.427. The Hall–Kier alpha value is -0.820. The van der Waals surface area contributed by atoms with Crippen LogP contribution in [0.1, 0.15) is 58.8 Å². The summed E-state index contributed by atoms with van der Waals surface area (Å²) in [6.45, 7) is 4.08. The lowest BCUT2D eigenvalue weighted by atomic mass is 10.1. The van der Waals surface area contributed by atoms with E-state index < -0.39 is 0 Å². The van der Waals surface area contributed by atoms with Gasteiger partial charge in [-0.05, 0) is 51.9 Å². The molecule has 1 nitrogen and oxygen atoms in total. The van der Waals surface area contributed by atoms with Gasteiger partial charge in [-0.25, -0.2) is 0 Å². The highest BCUT2D eigenvalue weighted by Gasteiger charge is 1.96. The minimum atomic E-state index is -0.119. The van der Waals surface area contributed by atoms with Crippen molar-refractivity contribution < 1.29 is 5.11 Å². The molecular formula is C16H28O. The van der Waals surface area contributed by atoms with Crippen LogP contribution < -0.4 is 0 Å². The third kappa shape index (κ3) is 13.1. The molecule has 17 heavy (non-hydrogen) atoms. The Morgan fingerprint density at radius 3 is 1.76 bits per heavy atom. The lowest BCUT2D eigenvalue weighted by Gasteiger charge is -2.03. The first-order valence-corrected chi connectivity index (χ1v) is 6.90. The SMILES string of the molecule is CC=CCCC=CCCC=CCCC(O)CC. The van der Waals surface area contributed by atoms with E-state index in [1.54, 1.807) is 0 Å². The van der Waals surface area contributed by atoms with E-state index in [1.807, 2.05) is 6.92 Å². The second kappa shape index (κ2) is 13.2. The molecule has 0 fully saturated rings. The fraction of sp³-hybridized carbons (Fsp3) is 0.625. The van der Waals surface area contributed by atoms with Gasteiger partial charge in [0, 0.05) is 0 Å². The average molecular weight is 236 g/mol. The van der Waals surface area contributed by atoms with Gasteiger partial charge in [0.05, 0.1) is 6.10 Å². The highest BCUT2D eigenvalue weighted by atomic mass is 16.3. The van der Waals surface area contributed by atoms with Gasteiger partial charge in [-0.1, -0.05) is 43.4 Å². The van der Waals surface area contributed by atoms with Crippen LogP contribution in [0.5, 0.6) is 0 Å². The average Bonchev–Trinajstić information content (AvgIpc) is 2.35. The molecule has 0 aromatic rings. The Morgan fingerprint density at radius 1 is 0.824 bits per heavy atom. The van der Waals surface area contributed by atoms with Crippen LogP contribution >= 0.6 is 0 Å². The highest BCUT2D eigenvalue weighted by Crippen LogP contribution is 2.03. The predicted octanol–water partition coefficient (Wildman–Crippen LogP) is 4.79. The van der Waals surface area contributed by atoms with E-state index in [9.17, 15) is 5.11 Å². The molecule has 0 rings (SSSR count). The second-order valence-corrected chi connectivity index (χ2v) is 4.31. The molecule has 0 saturated heterocycles. The van der Waals surface area contributed by atoms with Crippen molar-refractivity contribution in [2.45, 2.75) is 64.9 Å². The van der Waals surface area contributed by atoms with E-state index in [0.717, 1.165) is 44.9 Å². The molecule has 0 spiro atoms. The fourth-order valence-corrected chi connectivity index (χ4v) is 1.52. The van der Waals surface area contributed by atoms with Gasteiger partial charge in [0.15, 0.2) is 0 Å². The Bertz CT molecular complexity index is 226. The van der Waals surface area contributed by atoms with Crippen LogP contribution in [0, 0.1) is 0 Å². The first kappa shape index (κ1) is 16.2. The van der Waals surface area contributed by atoms with Crippen LogP contribution in [0.2, 0.25) is 0 Å². The fourth-order valence-electron chi connectivity index (χ4n) is 1.52. The standard InChI is InChI=1S/C16H28O/c1-3-5-6-7-8-9-10-11-12-13-14-15-16(17)4-2/h3,5,8-9,12-13,16-17H,4,6-7,10-11,14-15H2,1-2H3. The topological polar surface area (TPSA) is 20.2 Å². The van der Waals surface area contributed by atoms with Crippen LogP contribution in [-0.2, 0) is 0 Å². The van der Waals surface area contributed by atoms with Crippen molar-refractivity contribution in [1.29, 1.82) is 0 Å². The third-order valence-electron chi connectivity index (χ3n) is 2.71. The van der Waals surface area contributed by atoms with Crippen LogP contribution in [0.3, 0.4) is 0 Å². The molecule has 0 bridgehead atoms. The Labute approximate surface area is 107 Å². The smallest absolute Gasteiger partial charge is 0.0540 e. The summed E-state index contributed by atoms with van der Waals surface area (Å²) in [7, 11) is 0. The van der Waals surface area contributed by atoms with E-state index in [-0.39, 0.29) is 6.10 Å². The normalized spacial score (nSPS) is 14.3. The molecule has 1 atom stereocenters. The second-order valence-electron chi connectivity index (χ2n) is 4.31. The first-order valence-electron chi connectivity index (χ1n) is 6.90. The van der Waals surface area contributed by atoms with Crippen molar-refractivity contribution in [3.05, 3.63) is 36.5 Å². The van der Waals surface area contributed by atoms with Gasteiger partial charge in [-0.15, -0.1) is 0 Å². The van der Waals surface area contributed by atoms with Gasteiger partial charge in [0.1, 0.15) is 0 Å². The number of hydrogen-bond acceptors (Lipinski definition) is 1. The molecule has 0 radical (unpaired) electrons. The van der Waals surface area contributed by atoms with Crippen LogP contribution in [-0.4, -0.2) is 11.2 Å². The Kier molecular flexibility index (Phi) is 12.6. The lowest BCUT2D eigenvalue weighted by molar-refractivity contribution is 0.161. The first-order chi connectivity index (χ1) is 8.31. The number of unbranched alkanes of at least 4 members (excludes halogenated alkanes) is 2. The molecule has 0 aromatic carbocycles. The summed E-state index contributed by atoms with van der Waals surface area (Å²) < 4.78 is 0. The molecule has 0 saturated carbocycles. The molecule has 0 aromatic heterocycles. The molecule has 0 amide bonds. The maximum Gasteiger partial charge on any atom is 0.0540 e. The van der Waals surface area contributed by atoms with Gasteiger partial charge < -0.3 is 5.11 Å². The van der Waals surface area contributed by atoms with E-state index in [2.05, 4.69) is 43.4 Å². The number of hydrogen-bond donors (Lipinski definition) is 1. The van der Waals surface area contributed by atoms with Crippen molar-refractivity contribution in [1.82, 2.24) is 0 Å². The van der Waals surface area contributed by atoms with Gasteiger partial charge in [-0.3, -0.25) is 0 Å². The van der Waals surface area contributed by atoms with Gasteiger partial charge in [0.25, 0.3) is 0 Å². The minimum absolute atomic E-state index is 0.119. The Balaban J connectivity index is 3.29. The van der Waals surface area contributed by atoms with Crippen molar-refractivity contribution >= 4 is 0 Å². The monoisotopic (exact) mass is 236 g/mol. The third-order valence-corrected chi connectivity index (χ3v) is 2.71. The van der Waals surface area contributed by atoms with Crippen molar-refractivity contribution in [3.63, 3.8) is 0 Å². The largest absolute Gasteiger partial charge is 0.393 e. The summed E-state index contributed by atoms with van der Waals surface area (Å²) >= 11 is 0. The zero-order valence-corrected chi connectivity index (χ0v) is 11.4. The molecule has 0 aliphatic carbocycles. The zero-order chi connectivity index (χ0) is 12.8. The number of aliphatic hydroxyl groups is 1. The summed E-state index contributed by atoms with van der Waals surface area (Å²) in [5.41, 5.74) is 0. The van der Waals surface area contributed by atoms with Crippen LogP contribution in [0.25, 0.3) is 0 Å². The molecule has 1 N–H and O–H groups in total. The van der Waals surface area contributed by atoms with E-state index in [0.29, 0.717) is 0 Å². The summed E-state index contributed by atoms with van der Waals surface area (Å²) in [5.74, 6) is 0. The van der Waals surface area contributed by atoms with Crippen LogP contribution in [0.4, 0.5) is 0 Å². The summed E-state index contributed by atoms with van der Waals surface area (Å²) in [6.07, 6.45) is 20.4. The lowest BCUT2D eigenvalue weighted by Crippen LogP contribution is -2.02. The molecule has 0 aliphatic rings. The minimum Gasteiger partial charge on any atom is -0.393 e. The van der Waals surface area contributed by atoms with Crippen molar-refractivity contribution in [2.24, 2.45) is 0 Å². The number of allylic oxidation sites excluding steroid dienone is 6.